The van der Waals surface area contributed by atoms with Gasteiger partial charge in [0.05, 0.1) is 6.04 Å². The van der Waals surface area contributed by atoms with E-state index in [2.05, 4.69) is 15.3 Å². The molecule has 3 rings (SSSR count). The molecule has 0 radical (unpaired) electrons. The van der Waals surface area contributed by atoms with Gasteiger partial charge in [-0.3, -0.25) is 9.59 Å². The van der Waals surface area contributed by atoms with Crippen molar-refractivity contribution in [1.82, 2.24) is 14.9 Å². The van der Waals surface area contributed by atoms with E-state index in [9.17, 15) is 9.59 Å². The molecule has 0 aliphatic carbocycles. The van der Waals surface area contributed by atoms with Crippen LogP contribution in [-0.2, 0) is 9.59 Å². The number of hydrogen-bond acceptors (Lipinski definition) is 3. The molecule has 0 bridgehead atoms. The number of nitrogens with one attached hydrogen (secondary N) is 2. The second-order valence-corrected chi connectivity index (χ2v) is 6.41. The number of likely N-dealkylation sites (N-methyl/N-ethyl adjacent to an activating group) is 1. The fourth-order valence-corrected chi connectivity index (χ4v) is 2.88. The third kappa shape index (κ3) is 4.23. The largest absolute Gasteiger partial charge is 0.361 e. The summed E-state index contributed by atoms with van der Waals surface area (Å²) in [7, 11) is 1.79. The number of rotatable bonds is 5. The van der Waals surface area contributed by atoms with Crippen LogP contribution in [0.5, 0.6) is 0 Å². The fourth-order valence-electron chi connectivity index (χ4n) is 2.88. The van der Waals surface area contributed by atoms with Gasteiger partial charge in [0.2, 0.25) is 11.8 Å². The molecular weight excluding hydrogens is 340 g/mol. The van der Waals surface area contributed by atoms with Crippen molar-refractivity contribution in [2.75, 3.05) is 12.4 Å². The van der Waals surface area contributed by atoms with Crippen LogP contribution in [0.2, 0.25) is 0 Å². The minimum absolute atomic E-state index is 0.0708. The first-order chi connectivity index (χ1) is 13.0. The van der Waals surface area contributed by atoms with Crippen molar-refractivity contribution >= 4 is 34.6 Å². The van der Waals surface area contributed by atoms with Gasteiger partial charge in [-0.25, -0.2) is 4.98 Å². The third-order valence-electron chi connectivity index (χ3n) is 4.51. The van der Waals surface area contributed by atoms with Gasteiger partial charge in [-0.05, 0) is 42.3 Å². The molecule has 0 saturated carbocycles. The van der Waals surface area contributed by atoms with Gasteiger partial charge in [0.1, 0.15) is 5.82 Å². The quantitative estimate of drug-likeness (QED) is 0.679. The molecule has 0 saturated heterocycles. The molecule has 0 spiro atoms. The molecule has 1 unspecified atom stereocenters. The Morgan fingerprint density at radius 2 is 2.00 bits per heavy atom. The van der Waals surface area contributed by atoms with E-state index < -0.39 is 0 Å². The molecular formula is C21H22N4O2. The van der Waals surface area contributed by atoms with Gasteiger partial charge in [-0.2, -0.15) is 0 Å². The van der Waals surface area contributed by atoms with Gasteiger partial charge in [0, 0.05) is 43.3 Å². The van der Waals surface area contributed by atoms with E-state index >= 15 is 0 Å². The molecule has 6 heteroatoms. The first-order valence-corrected chi connectivity index (χ1v) is 8.70. The molecule has 0 aliphatic rings. The zero-order valence-corrected chi connectivity index (χ0v) is 15.6. The number of aromatic amines is 1. The summed E-state index contributed by atoms with van der Waals surface area (Å²) in [4.78, 5) is 32.7. The van der Waals surface area contributed by atoms with E-state index in [0.29, 0.717) is 5.82 Å². The van der Waals surface area contributed by atoms with Gasteiger partial charge in [0.15, 0.2) is 0 Å². The molecule has 27 heavy (non-hydrogen) atoms. The number of H-pyrrole nitrogens is 1. The summed E-state index contributed by atoms with van der Waals surface area (Å²) in [6, 6.07) is 11.5. The van der Waals surface area contributed by atoms with Crippen molar-refractivity contribution in [2.45, 2.75) is 19.9 Å². The Bertz CT molecular complexity index is 989. The van der Waals surface area contributed by atoms with Crippen molar-refractivity contribution in [2.24, 2.45) is 0 Å². The van der Waals surface area contributed by atoms with Crippen LogP contribution in [0.25, 0.3) is 17.0 Å². The van der Waals surface area contributed by atoms with Crippen LogP contribution in [0, 0.1) is 0 Å². The van der Waals surface area contributed by atoms with Gasteiger partial charge < -0.3 is 15.2 Å². The molecule has 2 heterocycles. The minimum atomic E-state index is -0.172. The molecule has 2 amide bonds. The Morgan fingerprint density at radius 1 is 1.22 bits per heavy atom. The maximum Gasteiger partial charge on any atom is 0.246 e. The SMILES string of the molecule is CC(=O)Nc1ccc(/C=C/C(=O)N(C)C(C)c2c[nH]c3ccccc23)cn1. The van der Waals surface area contributed by atoms with Crippen LogP contribution < -0.4 is 5.32 Å². The average Bonchev–Trinajstić information content (AvgIpc) is 3.09. The van der Waals surface area contributed by atoms with E-state index in [1.165, 1.54) is 13.0 Å². The van der Waals surface area contributed by atoms with E-state index in [1.54, 1.807) is 36.4 Å². The summed E-state index contributed by atoms with van der Waals surface area (Å²) in [5, 5.41) is 3.72. The predicted octanol–water partition coefficient (Wildman–Crippen LogP) is 3.75. The summed E-state index contributed by atoms with van der Waals surface area (Å²) in [5.74, 6) is 0.212. The van der Waals surface area contributed by atoms with E-state index in [-0.39, 0.29) is 17.9 Å². The number of aromatic nitrogens is 2. The summed E-state index contributed by atoms with van der Waals surface area (Å²) in [6.45, 7) is 3.43. The number of pyridine rings is 1. The lowest BCUT2D eigenvalue weighted by Gasteiger charge is -2.23. The van der Waals surface area contributed by atoms with Gasteiger partial charge in [-0.15, -0.1) is 0 Å². The van der Waals surface area contributed by atoms with Gasteiger partial charge in [-0.1, -0.05) is 18.2 Å². The number of hydrogen-bond donors (Lipinski definition) is 2. The summed E-state index contributed by atoms with van der Waals surface area (Å²) in [6.07, 6.45) is 6.80. The number of carbonyl (C=O) groups excluding carboxylic acids is 2. The molecule has 1 atom stereocenters. The van der Waals surface area contributed by atoms with Gasteiger partial charge >= 0.3 is 0 Å². The Morgan fingerprint density at radius 3 is 2.70 bits per heavy atom. The zero-order chi connectivity index (χ0) is 19.4. The summed E-state index contributed by atoms with van der Waals surface area (Å²) >= 11 is 0. The highest BCUT2D eigenvalue weighted by Gasteiger charge is 2.18. The minimum Gasteiger partial charge on any atom is -0.361 e. The molecule has 2 N–H and O–H groups in total. The number of anilines is 1. The Balaban J connectivity index is 1.69. The van der Waals surface area contributed by atoms with E-state index in [1.807, 2.05) is 37.4 Å². The monoisotopic (exact) mass is 362 g/mol. The highest BCUT2D eigenvalue weighted by atomic mass is 16.2. The van der Waals surface area contributed by atoms with Crippen molar-refractivity contribution < 1.29 is 9.59 Å². The molecule has 0 aliphatic heterocycles. The molecule has 138 valence electrons. The lowest BCUT2D eigenvalue weighted by molar-refractivity contribution is -0.126. The molecule has 2 aromatic heterocycles. The molecule has 0 fully saturated rings. The lowest BCUT2D eigenvalue weighted by atomic mass is 10.1. The Hall–Kier alpha value is -3.41. The summed E-state index contributed by atoms with van der Waals surface area (Å²) in [5.41, 5.74) is 2.92. The number of para-hydroxylation sites is 1. The third-order valence-corrected chi connectivity index (χ3v) is 4.51. The van der Waals surface area contributed by atoms with E-state index in [4.69, 9.17) is 0 Å². The van der Waals surface area contributed by atoms with Gasteiger partial charge in [0.25, 0.3) is 0 Å². The number of fused-ring (bicyclic) bond motifs is 1. The van der Waals surface area contributed by atoms with Crippen molar-refractivity contribution in [1.29, 1.82) is 0 Å². The second-order valence-electron chi connectivity index (χ2n) is 6.41. The summed E-state index contributed by atoms with van der Waals surface area (Å²) < 4.78 is 0. The Labute approximate surface area is 157 Å². The average molecular weight is 362 g/mol. The topological polar surface area (TPSA) is 78.1 Å². The zero-order valence-electron chi connectivity index (χ0n) is 15.6. The number of benzene rings is 1. The number of carbonyl (C=O) groups is 2. The number of nitrogens with zero attached hydrogens (tertiary/aromatic N) is 2. The second kappa shape index (κ2) is 7.86. The van der Waals surface area contributed by atoms with Crippen LogP contribution >= 0.6 is 0 Å². The molecule has 1 aromatic carbocycles. The van der Waals surface area contributed by atoms with Crippen LogP contribution in [0.4, 0.5) is 5.82 Å². The van der Waals surface area contributed by atoms with Crippen LogP contribution in [0.1, 0.15) is 31.0 Å². The predicted molar refractivity (Wildman–Crippen MR) is 107 cm³/mol. The van der Waals surface area contributed by atoms with Crippen molar-refractivity contribution in [3.8, 4) is 0 Å². The lowest BCUT2D eigenvalue weighted by Crippen LogP contribution is -2.27. The molecule has 3 aromatic rings. The van der Waals surface area contributed by atoms with Crippen molar-refractivity contribution in [3.05, 3.63) is 66.0 Å². The first kappa shape index (κ1) is 18.4. The fraction of sp³-hybridized carbons (Fsp3) is 0.190. The van der Waals surface area contributed by atoms with Crippen LogP contribution in [0.15, 0.2) is 54.9 Å². The van der Waals surface area contributed by atoms with Crippen LogP contribution in [0.3, 0.4) is 0 Å². The Kier molecular flexibility index (Phi) is 5.35. The van der Waals surface area contributed by atoms with E-state index in [0.717, 1.165) is 22.0 Å². The standard InChI is InChI=1S/C21H22N4O2/c1-14(18-13-22-19-7-5-4-6-17(18)19)25(3)21(27)11-9-16-8-10-20(23-12-16)24-15(2)26/h4-14,22H,1-3H3,(H,23,24,26)/b11-9+. The van der Waals surface area contributed by atoms with Crippen molar-refractivity contribution in [3.63, 3.8) is 0 Å². The van der Waals surface area contributed by atoms with Crippen LogP contribution in [-0.4, -0.2) is 33.7 Å². The maximum absolute atomic E-state index is 12.6. The number of amides is 2. The maximum atomic E-state index is 12.6. The first-order valence-electron chi connectivity index (χ1n) is 8.70. The highest BCUT2D eigenvalue weighted by Crippen LogP contribution is 2.27. The normalized spacial score (nSPS) is 12.3. The molecule has 6 nitrogen and oxygen atoms in total. The highest BCUT2D eigenvalue weighted by molar-refractivity contribution is 5.93. The smallest absolute Gasteiger partial charge is 0.246 e.